The van der Waals surface area contributed by atoms with Crippen LogP contribution in [-0.4, -0.2) is 18.2 Å². The average molecular weight is 307 g/mol. The van der Waals surface area contributed by atoms with Crippen molar-refractivity contribution in [1.29, 1.82) is 0 Å². The van der Waals surface area contributed by atoms with Crippen molar-refractivity contribution < 1.29 is 19.4 Å². The molecule has 0 saturated carbocycles. The summed E-state index contributed by atoms with van der Waals surface area (Å²) in [5.74, 6) is -0.653. The zero-order valence-corrected chi connectivity index (χ0v) is 12.4. The molecule has 0 aliphatic carbocycles. The molecule has 2 aromatic carbocycles. The summed E-state index contributed by atoms with van der Waals surface area (Å²) in [6.45, 7) is 1.84. The summed E-state index contributed by atoms with van der Waals surface area (Å²) in [6, 6.07) is 12.4. The minimum absolute atomic E-state index is 0.0258. The Hall–Kier alpha value is -2.20. The highest BCUT2D eigenvalue weighted by atomic mass is 35.5. The van der Waals surface area contributed by atoms with Crippen LogP contribution in [0.15, 0.2) is 42.5 Å². The number of methoxy groups -OCH3 is 1. The summed E-state index contributed by atoms with van der Waals surface area (Å²) in [6.07, 6.45) is -0.320. The monoisotopic (exact) mass is 306 g/mol. The standard InChI is InChI=1S/C16H15ClO4/c1-10(11-6-4-3-5-7-11)21-15-13(16(18)19)8-12(17)9-14(15)20-2/h3-10H,1-2H3,(H,18,19). The van der Waals surface area contributed by atoms with Crippen LogP contribution in [-0.2, 0) is 0 Å². The first-order valence-electron chi connectivity index (χ1n) is 6.35. The van der Waals surface area contributed by atoms with Gasteiger partial charge in [-0.1, -0.05) is 41.9 Å². The van der Waals surface area contributed by atoms with Gasteiger partial charge >= 0.3 is 5.97 Å². The molecule has 2 rings (SSSR count). The summed E-state index contributed by atoms with van der Waals surface area (Å²) in [5.41, 5.74) is 0.910. The molecule has 1 unspecified atom stereocenters. The summed E-state index contributed by atoms with van der Waals surface area (Å²) >= 11 is 5.90. The molecule has 4 nitrogen and oxygen atoms in total. The van der Waals surface area contributed by atoms with Crippen molar-refractivity contribution in [2.45, 2.75) is 13.0 Å². The maximum absolute atomic E-state index is 11.4. The number of carboxylic acid groups (broad SMARTS) is 1. The van der Waals surface area contributed by atoms with Gasteiger partial charge in [0.15, 0.2) is 11.5 Å². The van der Waals surface area contributed by atoms with Crippen molar-refractivity contribution in [1.82, 2.24) is 0 Å². The van der Waals surface area contributed by atoms with Crippen LogP contribution in [0.5, 0.6) is 11.5 Å². The molecule has 1 N–H and O–H groups in total. The molecule has 0 heterocycles. The Labute approximate surface area is 127 Å². The molecule has 0 amide bonds. The number of rotatable bonds is 5. The highest BCUT2D eigenvalue weighted by Gasteiger charge is 2.20. The van der Waals surface area contributed by atoms with Crippen LogP contribution < -0.4 is 9.47 Å². The fraction of sp³-hybridized carbons (Fsp3) is 0.188. The van der Waals surface area contributed by atoms with E-state index in [2.05, 4.69) is 0 Å². The summed E-state index contributed by atoms with van der Waals surface area (Å²) in [7, 11) is 1.44. The normalized spacial score (nSPS) is 11.8. The van der Waals surface area contributed by atoms with Gasteiger partial charge in [0.25, 0.3) is 0 Å². The van der Waals surface area contributed by atoms with Crippen LogP contribution in [0.3, 0.4) is 0 Å². The van der Waals surface area contributed by atoms with Gasteiger partial charge in [-0.3, -0.25) is 0 Å². The van der Waals surface area contributed by atoms with Crippen LogP contribution in [0.2, 0.25) is 5.02 Å². The van der Waals surface area contributed by atoms with Crippen LogP contribution in [0, 0.1) is 0 Å². The molecule has 0 radical (unpaired) electrons. The number of carbonyl (C=O) groups is 1. The summed E-state index contributed by atoms with van der Waals surface area (Å²) in [4.78, 5) is 11.4. The highest BCUT2D eigenvalue weighted by molar-refractivity contribution is 6.31. The van der Waals surface area contributed by atoms with Gasteiger partial charge < -0.3 is 14.6 Å². The molecule has 0 aliphatic heterocycles. The third kappa shape index (κ3) is 3.47. The molecule has 0 fully saturated rings. The molecular weight excluding hydrogens is 292 g/mol. The minimum atomic E-state index is -1.12. The van der Waals surface area contributed by atoms with E-state index in [-0.39, 0.29) is 22.4 Å². The van der Waals surface area contributed by atoms with E-state index in [0.717, 1.165) is 5.56 Å². The SMILES string of the molecule is COc1cc(Cl)cc(C(=O)O)c1OC(C)c1ccccc1. The second-order valence-electron chi connectivity index (χ2n) is 4.46. The van der Waals surface area contributed by atoms with Crippen molar-refractivity contribution >= 4 is 17.6 Å². The minimum Gasteiger partial charge on any atom is -0.493 e. The lowest BCUT2D eigenvalue weighted by Crippen LogP contribution is -2.09. The van der Waals surface area contributed by atoms with Gasteiger partial charge in [0.05, 0.1) is 7.11 Å². The molecule has 21 heavy (non-hydrogen) atoms. The first-order valence-corrected chi connectivity index (χ1v) is 6.73. The van der Waals surface area contributed by atoms with Gasteiger partial charge in [-0.25, -0.2) is 4.79 Å². The third-order valence-corrected chi connectivity index (χ3v) is 3.25. The number of halogens is 1. The molecule has 1 atom stereocenters. The zero-order chi connectivity index (χ0) is 15.4. The van der Waals surface area contributed by atoms with E-state index < -0.39 is 5.97 Å². The quantitative estimate of drug-likeness (QED) is 0.900. The topological polar surface area (TPSA) is 55.8 Å². The predicted molar refractivity (Wildman–Crippen MR) is 80.4 cm³/mol. The zero-order valence-electron chi connectivity index (χ0n) is 11.7. The average Bonchev–Trinajstić information content (AvgIpc) is 2.49. The molecule has 110 valence electrons. The Bertz CT molecular complexity index is 640. The summed E-state index contributed by atoms with van der Waals surface area (Å²) < 4.78 is 11.0. The Morgan fingerprint density at radius 3 is 2.48 bits per heavy atom. The second-order valence-corrected chi connectivity index (χ2v) is 4.90. The van der Waals surface area contributed by atoms with E-state index in [4.69, 9.17) is 21.1 Å². The van der Waals surface area contributed by atoms with E-state index in [1.807, 2.05) is 37.3 Å². The Balaban J connectivity index is 2.41. The van der Waals surface area contributed by atoms with Crippen LogP contribution in [0.4, 0.5) is 0 Å². The first-order chi connectivity index (χ1) is 10.0. The van der Waals surface area contributed by atoms with E-state index in [1.54, 1.807) is 0 Å². The van der Waals surface area contributed by atoms with Crippen molar-refractivity contribution in [3.05, 3.63) is 58.6 Å². The van der Waals surface area contributed by atoms with E-state index in [1.165, 1.54) is 19.2 Å². The van der Waals surface area contributed by atoms with E-state index >= 15 is 0 Å². The lowest BCUT2D eigenvalue weighted by atomic mass is 10.1. The fourth-order valence-corrected chi connectivity index (χ4v) is 2.18. The molecule has 0 saturated heterocycles. The van der Waals surface area contributed by atoms with Crippen LogP contribution >= 0.6 is 11.6 Å². The highest BCUT2D eigenvalue weighted by Crippen LogP contribution is 2.37. The van der Waals surface area contributed by atoms with E-state index in [9.17, 15) is 9.90 Å². The molecule has 5 heteroatoms. The maximum atomic E-state index is 11.4. The Kier molecular flexibility index (Phi) is 4.70. The van der Waals surface area contributed by atoms with Gasteiger partial charge in [0.2, 0.25) is 0 Å². The number of benzene rings is 2. The lowest BCUT2D eigenvalue weighted by Gasteiger charge is -2.19. The van der Waals surface area contributed by atoms with Crippen molar-refractivity contribution in [3.63, 3.8) is 0 Å². The molecule has 0 spiro atoms. The molecule has 0 aliphatic rings. The Morgan fingerprint density at radius 2 is 1.90 bits per heavy atom. The lowest BCUT2D eigenvalue weighted by molar-refractivity contribution is 0.0688. The van der Waals surface area contributed by atoms with E-state index in [0.29, 0.717) is 5.75 Å². The van der Waals surface area contributed by atoms with Crippen molar-refractivity contribution in [2.75, 3.05) is 7.11 Å². The smallest absolute Gasteiger partial charge is 0.339 e. The first kappa shape index (κ1) is 15.2. The molecule has 0 bridgehead atoms. The largest absolute Gasteiger partial charge is 0.493 e. The van der Waals surface area contributed by atoms with Crippen molar-refractivity contribution in [3.8, 4) is 11.5 Å². The van der Waals surface area contributed by atoms with Gasteiger partial charge in [-0.2, -0.15) is 0 Å². The van der Waals surface area contributed by atoms with Crippen LogP contribution in [0.1, 0.15) is 28.9 Å². The van der Waals surface area contributed by atoms with Crippen LogP contribution in [0.25, 0.3) is 0 Å². The predicted octanol–water partition coefficient (Wildman–Crippen LogP) is 4.19. The molecular formula is C16H15ClO4. The molecule has 2 aromatic rings. The third-order valence-electron chi connectivity index (χ3n) is 3.03. The number of aromatic carboxylic acids is 1. The van der Waals surface area contributed by atoms with Gasteiger partial charge in [0, 0.05) is 11.1 Å². The Morgan fingerprint density at radius 1 is 1.24 bits per heavy atom. The summed E-state index contributed by atoms with van der Waals surface area (Å²) in [5, 5.41) is 9.58. The van der Waals surface area contributed by atoms with Gasteiger partial charge in [-0.05, 0) is 18.6 Å². The fourth-order valence-electron chi connectivity index (χ4n) is 1.97. The maximum Gasteiger partial charge on any atom is 0.339 e. The number of carboxylic acids is 1. The number of hydrogen-bond donors (Lipinski definition) is 1. The molecule has 0 aromatic heterocycles. The second kappa shape index (κ2) is 6.50. The van der Waals surface area contributed by atoms with Gasteiger partial charge in [-0.15, -0.1) is 0 Å². The number of ether oxygens (including phenoxy) is 2. The number of hydrogen-bond acceptors (Lipinski definition) is 3. The van der Waals surface area contributed by atoms with Crippen molar-refractivity contribution in [2.24, 2.45) is 0 Å². The van der Waals surface area contributed by atoms with Gasteiger partial charge in [0.1, 0.15) is 11.7 Å².